The van der Waals surface area contributed by atoms with E-state index in [1.54, 1.807) is 24.2 Å². The van der Waals surface area contributed by atoms with Gasteiger partial charge in [0.25, 0.3) is 0 Å². The van der Waals surface area contributed by atoms with Gasteiger partial charge in [-0.05, 0) is 61.1 Å². The van der Waals surface area contributed by atoms with Crippen molar-refractivity contribution in [2.75, 3.05) is 0 Å². The summed E-state index contributed by atoms with van der Waals surface area (Å²) in [6, 6.07) is 9.25. The van der Waals surface area contributed by atoms with Crippen molar-refractivity contribution in [3.05, 3.63) is 35.4 Å². The Hall–Kier alpha value is -0.703. The first-order valence-corrected chi connectivity index (χ1v) is 13.1. The first kappa shape index (κ1) is 19.1. The Kier molecular flexibility index (Phi) is 7.09. The standard InChI is InChI=1S/C22H34F2Si/c1-2-3-4-13-25-14-11-19(12-15-25)17-5-7-18(8-6-17)20-9-10-21(23)22(24)16-20/h9-10,16-19,25H,2-8,11-15H2,1H3/t17-,18+,19-,25-. The van der Waals surface area contributed by atoms with Crippen molar-refractivity contribution in [3.8, 4) is 0 Å². The van der Waals surface area contributed by atoms with Gasteiger partial charge in [0.15, 0.2) is 11.6 Å². The Labute approximate surface area is 154 Å². The second-order valence-corrected chi connectivity index (χ2v) is 12.0. The van der Waals surface area contributed by atoms with Crippen LogP contribution in [0.5, 0.6) is 0 Å². The predicted octanol–water partition coefficient (Wildman–Crippen LogP) is 7.07. The number of unbranched alkanes of at least 4 members (excludes halogenated alkanes) is 2. The zero-order valence-electron chi connectivity index (χ0n) is 15.8. The minimum atomic E-state index is -0.725. The van der Waals surface area contributed by atoms with Gasteiger partial charge in [-0.15, -0.1) is 0 Å². The third-order valence-electron chi connectivity index (χ3n) is 6.96. The van der Waals surface area contributed by atoms with E-state index in [1.807, 2.05) is 0 Å². The summed E-state index contributed by atoms with van der Waals surface area (Å²) < 4.78 is 26.6. The molecule has 0 nitrogen and oxygen atoms in total. The molecule has 1 heterocycles. The van der Waals surface area contributed by atoms with E-state index in [1.165, 1.54) is 57.1 Å². The summed E-state index contributed by atoms with van der Waals surface area (Å²) in [6.07, 6.45) is 12.1. The van der Waals surface area contributed by atoms with E-state index in [9.17, 15) is 8.78 Å². The summed E-state index contributed by atoms with van der Waals surface area (Å²) in [5, 5.41) is 0. The van der Waals surface area contributed by atoms with E-state index in [4.69, 9.17) is 0 Å². The molecule has 2 aliphatic rings. The van der Waals surface area contributed by atoms with Gasteiger partial charge in [-0.1, -0.05) is 63.2 Å². The number of hydrogen-bond donors (Lipinski definition) is 0. The molecule has 0 radical (unpaired) electrons. The van der Waals surface area contributed by atoms with Crippen molar-refractivity contribution in [3.63, 3.8) is 0 Å². The summed E-state index contributed by atoms with van der Waals surface area (Å²) in [6.45, 7) is 2.30. The first-order valence-electron chi connectivity index (χ1n) is 10.6. The van der Waals surface area contributed by atoms with Crippen LogP contribution < -0.4 is 0 Å². The highest BCUT2D eigenvalue weighted by molar-refractivity contribution is 6.58. The molecule has 1 aromatic rings. The largest absolute Gasteiger partial charge is 0.204 e. The Balaban J connectivity index is 1.43. The molecule has 3 heteroatoms. The first-order chi connectivity index (χ1) is 12.2. The number of rotatable bonds is 6. The molecule has 0 spiro atoms. The maximum absolute atomic E-state index is 13.5. The SMILES string of the molecule is CCCCC[Si@H]1CC[C@H]([C@H]2CC[C@@H](c3ccc(F)c(F)c3)CC2)CC1. The fraction of sp³-hybridized carbons (Fsp3) is 0.727. The van der Waals surface area contributed by atoms with Gasteiger partial charge in [-0.25, -0.2) is 8.78 Å². The molecule has 1 saturated heterocycles. The Morgan fingerprint density at radius 1 is 0.880 bits per heavy atom. The Bertz CT molecular complexity index is 529. The highest BCUT2D eigenvalue weighted by atomic mass is 28.3. The van der Waals surface area contributed by atoms with Crippen LogP contribution in [0.25, 0.3) is 0 Å². The minimum Gasteiger partial charge on any atom is -0.204 e. The molecule has 0 bridgehead atoms. The summed E-state index contributed by atoms with van der Waals surface area (Å²) in [7, 11) is -0.400. The third kappa shape index (κ3) is 5.15. The monoisotopic (exact) mass is 364 g/mol. The molecule has 0 atom stereocenters. The van der Waals surface area contributed by atoms with Crippen molar-refractivity contribution >= 4 is 8.80 Å². The molecule has 1 aromatic carbocycles. The topological polar surface area (TPSA) is 0 Å². The van der Waals surface area contributed by atoms with Crippen LogP contribution in [0, 0.1) is 23.5 Å². The molecule has 0 amide bonds. The summed E-state index contributed by atoms with van der Waals surface area (Å²) in [5.74, 6) is 0.877. The Morgan fingerprint density at radius 3 is 2.20 bits per heavy atom. The molecule has 140 valence electrons. The predicted molar refractivity (Wildman–Crippen MR) is 105 cm³/mol. The molecule has 3 rings (SSSR count). The van der Waals surface area contributed by atoms with Crippen LogP contribution in [0.4, 0.5) is 8.78 Å². The van der Waals surface area contributed by atoms with E-state index < -0.39 is 20.4 Å². The molecule has 1 saturated carbocycles. The third-order valence-corrected chi connectivity index (χ3v) is 10.5. The number of hydrogen-bond acceptors (Lipinski definition) is 0. The summed E-state index contributed by atoms with van der Waals surface area (Å²) in [4.78, 5) is 0. The van der Waals surface area contributed by atoms with Gasteiger partial charge in [0.05, 0.1) is 0 Å². The lowest BCUT2D eigenvalue weighted by atomic mass is 9.72. The lowest BCUT2D eigenvalue weighted by Crippen LogP contribution is -2.28. The lowest BCUT2D eigenvalue weighted by molar-refractivity contribution is 0.216. The van der Waals surface area contributed by atoms with Crippen LogP contribution in [0.15, 0.2) is 18.2 Å². The normalized spacial score (nSPS) is 30.4. The molecule has 0 aromatic heterocycles. The van der Waals surface area contributed by atoms with E-state index in [-0.39, 0.29) is 0 Å². The van der Waals surface area contributed by atoms with E-state index in [0.717, 1.165) is 30.2 Å². The van der Waals surface area contributed by atoms with E-state index in [0.29, 0.717) is 5.92 Å². The zero-order valence-corrected chi connectivity index (χ0v) is 16.9. The van der Waals surface area contributed by atoms with Crippen LogP contribution in [-0.4, -0.2) is 8.80 Å². The van der Waals surface area contributed by atoms with Gasteiger partial charge >= 0.3 is 0 Å². The van der Waals surface area contributed by atoms with Crippen LogP contribution in [0.2, 0.25) is 18.1 Å². The summed E-state index contributed by atoms with van der Waals surface area (Å²) in [5.41, 5.74) is 1.00. The van der Waals surface area contributed by atoms with Gasteiger partial charge in [0.2, 0.25) is 0 Å². The van der Waals surface area contributed by atoms with E-state index in [2.05, 4.69) is 6.92 Å². The van der Waals surface area contributed by atoms with Gasteiger partial charge in [-0.3, -0.25) is 0 Å². The maximum Gasteiger partial charge on any atom is 0.159 e. The molecule has 1 aliphatic heterocycles. The summed E-state index contributed by atoms with van der Waals surface area (Å²) >= 11 is 0. The zero-order chi connectivity index (χ0) is 17.6. The Morgan fingerprint density at radius 2 is 1.56 bits per heavy atom. The number of halogens is 2. The van der Waals surface area contributed by atoms with Crippen molar-refractivity contribution in [2.45, 2.75) is 88.8 Å². The van der Waals surface area contributed by atoms with Crippen molar-refractivity contribution in [2.24, 2.45) is 11.8 Å². The molecule has 0 N–H and O–H groups in total. The molecule has 2 fully saturated rings. The molecule has 25 heavy (non-hydrogen) atoms. The van der Waals surface area contributed by atoms with Crippen molar-refractivity contribution < 1.29 is 8.78 Å². The maximum atomic E-state index is 13.5. The minimum absolute atomic E-state index is 0.400. The number of benzene rings is 1. The van der Waals surface area contributed by atoms with Crippen LogP contribution in [0.1, 0.15) is 76.2 Å². The quantitative estimate of drug-likeness (QED) is 0.374. The highest BCUT2D eigenvalue weighted by Gasteiger charge is 2.31. The molecular weight excluding hydrogens is 330 g/mol. The second kappa shape index (κ2) is 9.30. The van der Waals surface area contributed by atoms with Crippen LogP contribution in [0.3, 0.4) is 0 Å². The molecule has 1 aliphatic carbocycles. The molecule has 0 unspecified atom stereocenters. The van der Waals surface area contributed by atoms with E-state index >= 15 is 0 Å². The van der Waals surface area contributed by atoms with Crippen molar-refractivity contribution in [1.29, 1.82) is 0 Å². The molecular formula is C22H34F2Si. The van der Waals surface area contributed by atoms with Crippen LogP contribution in [-0.2, 0) is 0 Å². The van der Waals surface area contributed by atoms with Gasteiger partial charge < -0.3 is 0 Å². The second-order valence-electron chi connectivity index (χ2n) is 8.56. The highest BCUT2D eigenvalue weighted by Crippen LogP contribution is 2.43. The average Bonchev–Trinajstić information content (AvgIpc) is 2.65. The van der Waals surface area contributed by atoms with Gasteiger partial charge in [-0.2, -0.15) is 0 Å². The lowest BCUT2D eigenvalue weighted by Gasteiger charge is -2.37. The fourth-order valence-corrected chi connectivity index (χ4v) is 8.85. The van der Waals surface area contributed by atoms with Gasteiger partial charge in [0, 0.05) is 8.80 Å². The smallest absolute Gasteiger partial charge is 0.159 e. The van der Waals surface area contributed by atoms with Crippen molar-refractivity contribution in [1.82, 2.24) is 0 Å². The fourth-order valence-electron chi connectivity index (χ4n) is 5.32. The van der Waals surface area contributed by atoms with Crippen LogP contribution >= 0.6 is 0 Å². The average molecular weight is 365 g/mol. The van der Waals surface area contributed by atoms with Gasteiger partial charge in [0.1, 0.15) is 0 Å².